The molecule has 0 saturated carbocycles. The van der Waals surface area contributed by atoms with Crippen LogP contribution in [0.25, 0.3) is 0 Å². The van der Waals surface area contributed by atoms with Crippen molar-refractivity contribution in [2.75, 3.05) is 23.4 Å². The van der Waals surface area contributed by atoms with Gasteiger partial charge in [-0.25, -0.2) is 0 Å². The number of para-hydroxylation sites is 2. The van der Waals surface area contributed by atoms with Crippen LogP contribution >= 0.6 is 11.3 Å². The molecule has 2 amide bonds. The van der Waals surface area contributed by atoms with Gasteiger partial charge in [-0.05, 0) is 31.5 Å². The van der Waals surface area contributed by atoms with E-state index < -0.39 is 0 Å². The average Bonchev–Trinajstić information content (AvgIpc) is 2.83. The van der Waals surface area contributed by atoms with Gasteiger partial charge in [0.15, 0.2) is 6.61 Å². The number of thiophene rings is 1. The summed E-state index contributed by atoms with van der Waals surface area (Å²) in [5.74, 6) is -0.0499. The third kappa shape index (κ3) is 2.84. The quantitative estimate of drug-likeness (QED) is 0.930. The molecule has 122 valence electrons. The molecule has 3 rings (SSSR count). The maximum Gasteiger partial charge on any atom is 0.265 e. The summed E-state index contributed by atoms with van der Waals surface area (Å²) in [6.45, 7) is 3.53. The lowest BCUT2D eigenvalue weighted by molar-refractivity contribution is -0.123. The molecule has 0 aliphatic carbocycles. The Morgan fingerprint density at radius 3 is 2.92 bits per heavy atom. The number of nitrogens with one attached hydrogen (secondary N) is 1. The Hall–Kier alpha value is -2.85. The second kappa shape index (κ2) is 6.34. The van der Waals surface area contributed by atoms with E-state index in [0.29, 0.717) is 22.0 Å². The molecule has 6 nitrogen and oxygen atoms in total. The predicted octanol–water partition coefficient (Wildman–Crippen LogP) is 2.60. The molecule has 2 heterocycles. The summed E-state index contributed by atoms with van der Waals surface area (Å²) in [5.41, 5.74) is 1.91. The number of carbonyl (C=O) groups excluding carboxylic acids is 2. The maximum absolute atomic E-state index is 12.4. The van der Waals surface area contributed by atoms with Crippen molar-refractivity contribution in [3.8, 4) is 11.8 Å². The van der Waals surface area contributed by atoms with Crippen LogP contribution in [0.4, 0.5) is 10.7 Å². The van der Waals surface area contributed by atoms with Crippen LogP contribution in [0.1, 0.15) is 16.0 Å². The summed E-state index contributed by atoms with van der Waals surface area (Å²) in [5, 5.41) is 12.5. The van der Waals surface area contributed by atoms with Gasteiger partial charge in [-0.15, -0.1) is 11.3 Å². The van der Waals surface area contributed by atoms with Gasteiger partial charge in [0, 0.05) is 4.88 Å². The number of nitriles is 1. The Bertz CT molecular complexity index is 866. The monoisotopic (exact) mass is 341 g/mol. The Kier molecular flexibility index (Phi) is 4.23. The fourth-order valence-corrected chi connectivity index (χ4v) is 3.51. The van der Waals surface area contributed by atoms with Crippen molar-refractivity contribution in [3.63, 3.8) is 0 Å². The highest BCUT2D eigenvalue weighted by Gasteiger charge is 2.27. The number of rotatable bonds is 3. The van der Waals surface area contributed by atoms with Gasteiger partial charge in [0.1, 0.15) is 23.4 Å². The SMILES string of the molecule is Cc1sc(NC(=O)CN2C(=O)COc3ccccc32)c(C#N)c1C. The van der Waals surface area contributed by atoms with Gasteiger partial charge < -0.3 is 10.1 Å². The molecular formula is C17H15N3O3S. The minimum atomic E-state index is -0.349. The molecule has 0 spiro atoms. The number of nitrogens with zero attached hydrogens (tertiary/aromatic N) is 2. The third-order valence-corrected chi connectivity index (χ3v) is 4.98. The average molecular weight is 341 g/mol. The smallest absolute Gasteiger partial charge is 0.265 e. The standard InChI is InChI=1S/C17H15N3O3S/c1-10-11(2)24-17(12(10)7-18)19-15(21)8-20-13-5-3-4-6-14(13)23-9-16(20)22/h3-6H,8-9H2,1-2H3,(H,19,21). The lowest BCUT2D eigenvalue weighted by atomic mass is 10.2. The summed E-state index contributed by atoms with van der Waals surface area (Å²) in [4.78, 5) is 26.9. The van der Waals surface area contributed by atoms with E-state index in [1.54, 1.807) is 18.2 Å². The Morgan fingerprint density at radius 2 is 2.17 bits per heavy atom. The first kappa shape index (κ1) is 16.0. The van der Waals surface area contributed by atoms with Crippen LogP contribution in [0.2, 0.25) is 0 Å². The summed E-state index contributed by atoms with van der Waals surface area (Å²) in [7, 11) is 0. The number of fused-ring (bicyclic) bond motifs is 1. The first-order valence-electron chi connectivity index (χ1n) is 7.33. The molecule has 0 atom stereocenters. The van der Waals surface area contributed by atoms with Crippen LogP contribution in [0.15, 0.2) is 24.3 Å². The second-order valence-electron chi connectivity index (χ2n) is 5.38. The second-order valence-corrected chi connectivity index (χ2v) is 6.61. The largest absolute Gasteiger partial charge is 0.482 e. The molecule has 1 aromatic heterocycles. The molecule has 0 unspecified atom stereocenters. The highest BCUT2D eigenvalue weighted by molar-refractivity contribution is 7.16. The first-order valence-corrected chi connectivity index (χ1v) is 8.15. The zero-order valence-electron chi connectivity index (χ0n) is 13.3. The fourth-order valence-electron chi connectivity index (χ4n) is 2.49. The summed E-state index contributed by atoms with van der Waals surface area (Å²) in [6, 6.07) is 9.20. The van der Waals surface area contributed by atoms with Gasteiger partial charge in [0.25, 0.3) is 5.91 Å². The molecule has 24 heavy (non-hydrogen) atoms. The molecule has 0 bridgehead atoms. The number of anilines is 2. The minimum Gasteiger partial charge on any atom is -0.482 e. The van der Waals surface area contributed by atoms with Crippen molar-refractivity contribution in [2.45, 2.75) is 13.8 Å². The molecule has 2 aromatic rings. The van der Waals surface area contributed by atoms with Gasteiger partial charge in [0.2, 0.25) is 5.91 Å². The van der Waals surface area contributed by atoms with Gasteiger partial charge in [0.05, 0.1) is 11.3 Å². The molecule has 1 aromatic carbocycles. The van der Waals surface area contributed by atoms with Crippen molar-refractivity contribution in [3.05, 3.63) is 40.3 Å². The number of benzene rings is 1. The molecular weight excluding hydrogens is 326 g/mol. The van der Waals surface area contributed by atoms with Gasteiger partial charge in [-0.3, -0.25) is 14.5 Å². The lowest BCUT2D eigenvalue weighted by Crippen LogP contribution is -2.43. The van der Waals surface area contributed by atoms with Crippen molar-refractivity contribution in [1.29, 1.82) is 5.26 Å². The van der Waals surface area contributed by atoms with Crippen LogP contribution in [-0.4, -0.2) is 25.0 Å². The Balaban J connectivity index is 1.80. The normalized spacial score (nSPS) is 13.0. The van der Waals surface area contributed by atoms with Crippen LogP contribution in [-0.2, 0) is 9.59 Å². The van der Waals surface area contributed by atoms with Gasteiger partial charge in [-0.1, -0.05) is 12.1 Å². The molecule has 1 aliphatic heterocycles. The number of hydrogen-bond donors (Lipinski definition) is 1. The van der Waals surface area contributed by atoms with Crippen molar-refractivity contribution in [2.24, 2.45) is 0 Å². The number of amides is 2. The lowest BCUT2D eigenvalue weighted by Gasteiger charge is -2.28. The van der Waals surface area contributed by atoms with Crippen molar-refractivity contribution < 1.29 is 14.3 Å². The number of carbonyl (C=O) groups is 2. The zero-order chi connectivity index (χ0) is 17.3. The number of ether oxygens (including phenoxy) is 1. The van der Waals surface area contributed by atoms with Crippen LogP contribution in [0.5, 0.6) is 5.75 Å². The van der Waals surface area contributed by atoms with E-state index in [4.69, 9.17) is 4.74 Å². The van der Waals surface area contributed by atoms with E-state index in [9.17, 15) is 14.9 Å². The summed E-state index contributed by atoms with van der Waals surface area (Å²) < 4.78 is 5.36. The van der Waals surface area contributed by atoms with E-state index in [1.165, 1.54) is 16.2 Å². The third-order valence-electron chi connectivity index (χ3n) is 3.86. The van der Waals surface area contributed by atoms with Crippen LogP contribution < -0.4 is 15.0 Å². The first-order chi connectivity index (χ1) is 11.5. The number of hydrogen-bond acceptors (Lipinski definition) is 5. The predicted molar refractivity (Wildman–Crippen MR) is 91.4 cm³/mol. The van der Waals surface area contributed by atoms with E-state index >= 15 is 0 Å². The van der Waals surface area contributed by atoms with Crippen LogP contribution in [0.3, 0.4) is 0 Å². The molecule has 1 N–H and O–H groups in total. The Morgan fingerprint density at radius 1 is 1.42 bits per heavy atom. The fraction of sp³-hybridized carbons (Fsp3) is 0.235. The van der Waals surface area contributed by atoms with Crippen LogP contribution in [0, 0.1) is 25.2 Å². The van der Waals surface area contributed by atoms with Gasteiger partial charge in [-0.2, -0.15) is 5.26 Å². The summed E-state index contributed by atoms with van der Waals surface area (Å²) >= 11 is 1.36. The maximum atomic E-state index is 12.4. The zero-order valence-corrected chi connectivity index (χ0v) is 14.1. The van der Waals surface area contributed by atoms with Gasteiger partial charge >= 0.3 is 0 Å². The molecule has 0 radical (unpaired) electrons. The topological polar surface area (TPSA) is 82.4 Å². The summed E-state index contributed by atoms with van der Waals surface area (Å²) in [6.07, 6.45) is 0. The van der Waals surface area contributed by atoms with Crippen molar-refractivity contribution >= 4 is 33.8 Å². The van der Waals surface area contributed by atoms with Crippen molar-refractivity contribution in [1.82, 2.24) is 0 Å². The van der Waals surface area contributed by atoms with E-state index in [0.717, 1.165) is 10.4 Å². The van der Waals surface area contributed by atoms with E-state index in [2.05, 4.69) is 11.4 Å². The molecule has 7 heteroatoms. The molecule has 0 saturated heterocycles. The molecule has 0 fully saturated rings. The molecule has 1 aliphatic rings. The highest BCUT2D eigenvalue weighted by atomic mass is 32.1. The van der Waals surface area contributed by atoms with E-state index in [-0.39, 0.29) is 25.0 Å². The highest BCUT2D eigenvalue weighted by Crippen LogP contribution is 2.33. The van der Waals surface area contributed by atoms with E-state index in [1.807, 2.05) is 19.9 Å². The Labute approximate surface area is 143 Å². The minimum absolute atomic E-state index is 0.0923. The number of aryl methyl sites for hydroxylation is 1.